The van der Waals surface area contributed by atoms with Crippen LogP contribution in [0.25, 0.3) is 0 Å². The zero-order chi connectivity index (χ0) is 15.7. The van der Waals surface area contributed by atoms with E-state index in [1.165, 1.54) is 12.1 Å². The number of hydrogen-bond donors (Lipinski definition) is 1. The number of rotatable bonds is 4. The van der Waals surface area contributed by atoms with Crippen molar-refractivity contribution in [1.82, 2.24) is 0 Å². The molecule has 0 saturated heterocycles. The van der Waals surface area contributed by atoms with Gasteiger partial charge in [-0.25, -0.2) is 12.9 Å². The molecule has 1 atom stereocenters. The second kappa shape index (κ2) is 6.06. The molecule has 0 saturated carbocycles. The first-order chi connectivity index (χ1) is 10.6. The molecule has 0 fully saturated rings. The molecule has 6 heteroatoms. The normalized spacial score (nSPS) is 17.0. The number of hydrogen-bond acceptors (Lipinski definition) is 2. The minimum Gasteiger partial charge on any atom is -0.330 e. The lowest BCUT2D eigenvalue weighted by molar-refractivity contribution is 0.626. The van der Waals surface area contributed by atoms with Gasteiger partial charge in [-0.05, 0) is 55.8 Å². The van der Waals surface area contributed by atoms with E-state index in [0.717, 1.165) is 29.0 Å². The Morgan fingerprint density at radius 3 is 2.55 bits per heavy atom. The van der Waals surface area contributed by atoms with Crippen LogP contribution < -0.4 is 14.3 Å². The standard InChI is InChI=1S/C16H18FN3OS/c1-12-11-13(17)7-8-14(12)20-16-6-3-2-5-15(16)19(22(20)21)10-4-9-18/h2-3,5-8,11H,4,9-10,18H2,1H3. The van der Waals surface area contributed by atoms with Crippen molar-refractivity contribution in [2.45, 2.75) is 13.3 Å². The fourth-order valence-corrected chi connectivity index (χ4v) is 4.11. The molecule has 1 heterocycles. The Labute approximate surface area is 132 Å². The quantitative estimate of drug-likeness (QED) is 0.942. The molecule has 0 bridgehead atoms. The van der Waals surface area contributed by atoms with Crippen LogP contribution in [0.3, 0.4) is 0 Å². The maximum Gasteiger partial charge on any atom is 0.230 e. The lowest BCUT2D eigenvalue weighted by Crippen LogP contribution is -2.31. The molecule has 2 N–H and O–H groups in total. The van der Waals surface area contributed by atoms with Crippen molar-refractivity contribution in [1.29, 1.82) is 0 Å². The fourth-order valence-electron chi connectivity index (χ4n) is 2.61. The maximum absolute atomic E-state index is 13.4. The molecule has 1 aliphatic heterocycles. The molecule has 1 aliphatic rings. The number of para-hydroxylation sites is 2. The van der Waals surface area contributed by atoms with Crippen LogP contribution in [0.1, 0.15) is 12.0 Å². The topological polar surface area (TPSA) is 49.6 Å². The van der Waals surface area contributed by atoms with Gasteiger partial charge in [-0.15, -0.1) is 0 Å². The molecular formula is C16H18FN3OS. The van der Waals surface area contributed by atoms with E-state index in [0.29, 0.717) is 13.1 Å². The molecule has 0 aliphatic carbocycles. The van der Waals surface area contributed by atoms with Crippen LogP contribution >= 0.6 is 0 Å². The molecule has 0 aromatic heterocycles. The summed E-state index contributed by atoms with van der Waals surface area (Å²) < 4.78 is 29.9. The van der Waals surface area contributed by atoms with Crippen molar-refractivity contribution in [2.24, 2.45) is 5.73 Å². The summed E-state index contributed by atoms with van der Waals surface area (Å²) in [5.74, 6) is -0.292. The number of fused-ring (bicyclic) bond motifs is 1. The van der Waals surface area contributed by atoms with Crippen molar-refractivity contribution in [3.05, 3.63) is 53.8 Å². The smallest absolute Gasteiger partial charge is 0.230 e. The molecule has 0 radical (unpaired) electrons. The zero-order valence-corrected chi connectivity index (χ0v) is 13.1. The number of benzene rings is 2. The SMILES string of the molecule is Cc1cc(F)ccc1N1c2ccccc2N(CCCN)S1=O. The first-order valence-corrected chi connectivity index (χ1v) is 8.25. The van der Waals surface area contributed by atoms with Gasteiger partial charge in [0.2, 0.25) is 11.2 Å². The summed E-state index contributed by atoms with van der Waals surface area (Å²) in [6, 6.07) is 12.2. The number of aryl methyl sites for hydroxylation is 1. The van der Waals surface area contributed by atoms with E-state index >= 15 is 0 Å². The fraction of sp³-hybridized carbons (Fsp3) is 0.250. The average Bonchev–Trinajstić information content (AvgIpc) is 2.78. The van der Waals surface area contributed by atoms with Crippen molar-refractivity contribution >= 4 is 28.2 Å². The summed E-state index contributed by atoms with van der Waals surface area (Å²) >= 11 is -1.38. The summed E-state index contributed by atoms with van der Waals surface area (Å²) in [6.07, 6.45) is 0.760. The Morgan fingerprint density at radius 2 is 1.86 bits per heavy atom. The molecule has 2 aromatic rings. The van der Waals surface area contributed by atoms with Gasteiger partial charge >= 0.3 is 0 Å². The van der Waals surface area contributed by atoms with Gasteiger partial charge in [-0.3, -0.25) is 4.31 Å². The number of anilines is 3. The Hall–Kier alpha value is -1.92. The highest BCUT2D eigenvalue weighted by Crippen LogP contribution is 2.44. The van der Waals surface area contributed by atoms with E-state index in [9.17, 15) is 8.60 Å². The third-order valence-corrected chi connectivity index (χ3v) is 5.12. The maximum atomic E-state index is 13.4. The lowest BCUT2D eigenvalue weighted by atomic mass is 10.1. The van der Waals surface area contributed by atoms with Crippen molar-refractivity contribution in [2.75, 3.05) is 21.7 Å². The number of nitrogens with two attached hydrogens (primary N) is 1. The first kappa shape index (κ1) is 15.0. The molecule has 3 rings (SSSR count). The Balaban J connectivity index is 2.07. The second-order valence-electron chi connectivity index (χ2n) is 5.19. The van der Waals surface area contributed by atoms with Gasteiger partial charge < -0.3 is 5.73 Å². The monoisotopic (exact) mass is 319 g/mol. The minimum atomic E-state index is -1.38. The van der Waals surface area contributed by atoms with Crippen LogP contribution in [0.15, 0.2) is 42.5 Å². The highest BCUT2D eigenvalue weighted by Gasteiger charge is 2.34. The zero-order valence-electron chi connectivity index (χ0n) is 12.3. The van der Waals surface area contributed by atoms with E-state index in [4.69, 9.17) is 5.73 Å². The largest absolute Gasteiger partial charge is 0.330 e. The van der Waals surface area contributed by atoms with E-state index in [-0.39, 0.29) is 5.82 Å². The summed E-state index contributed by atoms with van der Waals surface area (Å²) in [7, 11) is 0. The summed E-state index contributed by atoms with van der Waals surface area (Å²) in [6.45, 7) is 2.99. The minimum absolute atomic E-state index is 0.292. The van der Waals surface area contributed by atoms with E-state index in [1.807, 2.05) is 35.5 Å². The van der Waals surface area contributed by atoms with E-state index in [2.05, 4.69) is 0 Å². The van der Waals surface area contributed by atoms with Crippen molar-refractivity contribution < 1.29 is 8.60 Å². The molecule has 0 spiro atoms. The van der Waals surface area contributed by atoms with Gasteiger partial charge in [-0.1, -0.05) is 12.1 Å². The molecule has 4 nitrogen and oxygen atoms in total. The van der Waals surface area contributed by atoms with Crippen molar-refractivity contribution in [3.8, 4) is 0 Å². The van der Waals surface area contributed by atoms with Crippen molar-refractivity contribution in [3.63, 3.8) is 0 Å². The molecule has 0 amide bonds. The molecular weight excluding hydrogens is 301 g/mol. The predicted octanol–water partition coefficient (Wildman–Crippen LogP) is 3.02. The van der Waals surface area contributed by atoms with Crippen LogP contribution in [-0.4, -0.2) is 17.3 Å². The predicted molar refractivity (Wildman–Crippen MR) is 88.9 cm³/mol. The Bertz CT molecular complexity index is 722. The molecule has 2 aromatic carbocycles. The molecule has 1 unspecified atom stereocenters. The summed E-state index contributed by atoms with van der Waals surface area (Å²) in [5, 5.41) is 0. The van der Waals surface area contributed by atoms with Crippen LogP contribution in [0.5, 0.6) is 0 Å². The van der Waals surface area contributed by atoms with Gasteiger partial charge in [-0.2, -0.15) is 0 Å². The highest BCUT2D eigenvalue weighted by molar-refractivity contribution is 7.88. The Kier molecular flexibility index (Phi) is 4.13. The summed E-state index contributed by atoms with van der Waals surface area (Å²) in [4.78, 5) is 0. The van der Waals surface area contributed by atoms with Gasteiger partial charge in [0.15, 0.2) is 0 Å². The second-order valence-corrected chi connectivity index (χ2v) is 6.46. The van der Waals surface area contributed by atoms with Crippen LogP contribution in [0.4, 0.5) is 21.5 Å². The van der Waals surface area contributed by atoms with Gasteiger partial charge in [0.25, 0.3) is 0 Å². The van der Waals surface area contributed by atoms with Gasteiger partial charge in [0.05, 0.1) is 17.1 Å². The van der Waals surface area contributed by atoms with E-state index < -0.39 is 11.2 Å². The van der Waals surface area contributed by atoms with Crippen LogP contribution in [0.2, 0.25) is 0 Å². The molecule has 116 valence electrons. The van der Waals surface area contributed by atoms with Crippen LogP contribution in [-0.2, 0) is 11.2 Å². The molecule has 22 heavy (non-hydrogen) atoms. The first-order valence-electron chi connectivity index (χ1n) is 7.18. The van der Waals surface area contributed by atoms with Gasteiger partial charge in [0.1, 0.15) is 5.82 Å². The van der Waals surface area contributed by atoms with Gasteiger partial charge in [0, 0.05) is 6.54 Å². The highest BCUT2D eigenvalue weighted by atomic mass is 32.2. The van der Waals surface area contributed by atoms with E-state index in [1.54, 1.807) is 10.4 Å². The third-order valence-electron chi connectivity index (χ3n) is 3.66. The lowest BCUT2D eigenvalue weighted by Gasteiger charge is -2.21. The Morgan fingerprint density at radius 1 is 1.14 bits per heavy atom. The van der Waals surface area contributed by atoms with Crippen LogP contribution in [0, 0.1) is 12.7 Å². The summed E-state index contributed by atoms with van der Waals surface area (Å²) in [5.41, 5.74) is 8.87. The number of nitrogens with zero attached hydrogens (tertiary/aromatic N) is 2. The number of halogens is 1. The average molecular weight is 319 g/mol. The third kappa shape index (κ3) is 2.48.